The van der Waals surface area contributed by atoms with Crippen molar-refractivity contribution in [2.75, 3.05) is 13.1 Å². The number of fused-ring (bicyclic) bond motifs is 1. The summed E-state index contributed by atoms with van der Waals surface area (Å²) in [7, 11) is 2.01. The van der Waals surface area contributed by atoms with Crippen LogP contribution in [0.3, 0.4) is 0 Å². The summed E-state index contributed by atoms with van der Waals surface area (Å²) in [4.78, 5) is 25.3. The average Bonchev–Trinajstić information content (AvgIpc) is 3.56. The van der Waals surface area contributed by atoms with Crippen LogP contribution in [0, 0.1) is 0 Å². The van der Waals surface area contributed by atoms with Gasteiger partial charge in [-0.05, 0) is 57.7 Å². The topological polar surface area (TPSA) is 60.9 Å². The second-order valence-corrected chi connectivity index (χ2v) is 9.79. The molecule has 1 fully saturated rings. The van der Waals surface area contributed by atoms with Crippen molar-refractivity contribution in [3.63, 3.8) is 0 Å². The number of halogens is 1. The Morgan fingerprint density at radius 3 is 2.49 bits per heavy atom. The van der Waals surface area contributed by atoms with Crippen LogP contribution in [0.15, 0.2) is 88.5 Å². The smallest absolute Gasteiger partial charge is 0.325 e. The van der Waals surface area contributed by atoms with Crippen molar-refractivity contribution < 1.29 is 0 Å². The van der Waals surface area contributed by atoms with Gasteiger partial charge in [0.2, 0.25) is 0 Å². The highest BCUT2D eigenvalue weighted by Crippen LogP contribution is 2.27. The highest BCUT2D eigenvalue weighted by molar-refractivity contribution is 9.10. The third-order valence-corrected chi connectivity index (χ3v) is 7.61. The largest absolute Gasteiger partial charge is 0.335 e. The van der Waals surface area contributed by atoms with Crippen LogP contribution in [0.4, 0.5) is 0 Å². The van der Waals surface area contributed by atoms with Crippen molar-refractivity contribution in [3.05, 3.63) is 100 Å². The SMILES string of the molecule is Cn1c(Br)cnc1CN1CC[C@H](n2c(=O)n(-c3ccc(-c4ccccc4)cc3)c3cccnc32)C1. The minimum absolute atomic E-state index is 0.0438. The number of nitrogens with zero attached hydrogens (tertiary/aromatic N) is 6. The Labute approximate surface area is 211 Å². The van der Waals surface area contributed by atoms with Crippen molar-refractivity contribution >= 4 is 27.1 Å². The van der Waals surface area contributed by atoms with Crippen molar-refractivity contribution in [1.82, 2.24) is 28.6 Å². The molecule has 176 valence electrons. The molecule has 0 aliphatic carbocycles. The standard InChI is InChI=1S/C27H25BrN6O/c1-31-24(28)16-30-25(31)18-32-15-13-22(17-32)34-26-23(8-5-14-29-26)33(27(34)35)21-11-9-20(10-12-21)19-6-3-2-4-7-19/h2-12,14,16,22H,13,15,17-18H2,1H3/t22-/m0/s1. The normalized spacial score (nSPS) is 16.3. The van der Waals surface area contributed by atoms with Crippen molar-refractivity contribution in [1.29, 1.82) is 0 Å². The molecular formula is C27H25BrN6O. The Kier molecular flexibility index (Phi) is 5.62. The van der Waals surface area contributed by atoms with Crippen LogP contribution in [0.2, 0.25) is 0 Å². The lowest BCUT2D eigenvalue weighted by atomic mass is 10.1. The molecule has 0 bridgehead atoms. The molecule has 2 aromatic carbocycles. The molecule has 35 heavy (non-hydrogen) atoms. The molecule has 1 saturated heterocycles. The molecule has 6 rings (SSSR count). The number of aromatic nitrogens is 5. The van der Waals surface area contributed by atoms with Gasteiger partial charge in [0.1, 0.15) is 10.4 Å². The summed E-state index contributed by atoms with van der Waals surface area (Å²) in [6, 6.07) is 22.4. The predicted octanol–water partition coefficient (Wildman–Crippen LogP) is 4.80. The lowest BCUT2D eigenvalue weighted by molar-refractivity contribution is 0.304. The van der Waals surface area contributed by atoms with E-state index in [1.165, 1.54) is 0 Å². The molecule has 4 heterocycles. The summed E-state index contributed by atoms with van der Waals surface area (Å²) in [6.07, 6.45) is 4.49. The fourth-order valence-corrected chi connectivity index (χ4v) is 5.31. The minimum Gasteiger partial charge on any atom is -0.325 e. The number of likely N-dealkylation sites (tertiary alicyclic amines) is 1. The summed E-state index contributed by atoms with van der Waals surface area (Å²) in [5.74, 6) is 1.00. The first-order chi connectivity index (χ1) is 17.1. The number of hydrogen-bond acceptors (Lipinski definition) is 4. The third kappa shape index (κ3) is 3.92. The fraction of sp³-hybridized carbons (Fsp3) is 0.222. The fourth-order valence-electron chi connectivity index (χ4n) is 5.00. The van der Waals surface area contributed by atoms with Crippen LogP contribution in [0.1, 0.15) is 18.3 Å². The highest BCUT2D eigenvalue weighted by atomic mass is 79.9. The number of benzene rings is 2. The van der Waals surface area contributed by atoms with Crippen molar-refractivity contribution in [2.45, 2.75) is 19.0 Å². The van der Waals surface area contributed by atoms with E-state index in [4.69, 9.17) is 0 Å². The van der Waals surface area contributed by atoms with E-state index >= 15 is 0 Å². The molecule has 3 aromatic heterocycles. The van der Waals surface area contributed by atoms with Gasteiger partial charge >= 0.3 is 5.69 Å². The summed E-state index contributed by atoms with van der Waals surface area (Å²) in [6.45, 7) is 2.44. The molecular weight excluding hydrogens is 504 g/mol. The van der Waals surface area contributed by atoms with Gasteiger partial charge in [-0.2, -0.15) is 0 Å². The van der Waals surface area contributed by atoms with Crippen LogP contribution in [-0.2, 0) is 13.6 Å². The van der Waals surface area contributed by atoms with Gasteiger partial charge in [-0.1, -0.05) is 42.5 Å². The van der Waals surface area contributed by atoms with Crippen molar-refractivity contribution in [2.24, 2.45) is 7.05 Å². The summed E-state index contributed by atoms with van der Waals surface area (Å²) in [5.41, 5.74) is 4.64. The molecule has 5 aromatic rings. The molecule has 8 heteroatoms. The maximum Gasteiger partial charge on any atom is 0.335 e. The van der Waals surface area contributed by atoms with Crippen LogP contribution in [0.25, 0.3) is 28.0 Å². The van der Waals surface area contributed by atoms with Gasteiger partial charge in [-0.3, -0.25) is 14.0 Å². The zero-order valence-electron chi connectivity index (χ0n) is 19.4. The molecule has 0 N–H and O–H groups in total. The first kappa shape index (κ1) is 22.0. The lowest BCUT2D eigenvalue weighted by Gasteiger charge is -2.16. The highest BCUT2D eigenvalue weighted by Gasteiger charge is 2.29. The van der Waals surface area contributed by atoms with Gasteiger partial charge in [0.15, 0.2) is 5.65 Å². The average molecular weight is 529 g/mol. The molecule has 1 aliphatic rings. The van der Waals surface area contributed by atoms with E-state index in [9.17, 15) is 4.79 Å². The lowest BCUT2D eigenvalue weighted by Crippen LogP contribution is -2.29. The van der Waals surface area contributed by atoms with Gasteiger partial charge in [-0.15, -0.1) is 0 Å². The molecule has 7 nitrogen and oxygen atoms in total. The number of rotatable bonds is 5. The van der Waals surface area contributed by atoms with Gasteiger partial charge in [0.25, 0.3) is 0 Å². The summed E-state index contributed by atoms with van der Waals surface area (Å²) < 4.78 is 6.68. The third-order valence-electron chi connectivity index (χ3n) is 6.87. The molecule has 0 saturated carbocycles. The Morgan fingerprint density at radius 2 is 1.74 bits per heavy atom. The van der Waals surface area contributed by atoms with Crippen molar-refractivity contribution in [3.8, 4) is 16.8 Å². The van der Waals surface area contributed by atoms with E-state index in [0.29, 0.717) is 0 Å². The van der Waals surface area contributed by atoms with Gasteiger partial charge in [0.05, 0.1) is 30.0 Å². The molecule has 1 aliphatic heterocycles. The maximum atomic E-state index is 13.8. The maximum absolute atomic E-state index is 13.8. The van der Waals surface area contributed by atoms with Gasteiger partial charge in [0, 0.05) is 26.3 Å². The zero-order chi connectivity index (χ0) is 23.9. The predicted molar refractivity (Wildman–Crippen MR) is 141 cm³/mol. The molecule has 0 amide bonds. The number of imidazole rings is 2. The minimum atomic E-state index is -0.0438. The quantitative estimate of drug-likeness (QED) is 0.328. The van der Waals surface area contributed by atoms with E-state index in [1.54, 1.807) is 10.8 Å². The van der Waals surface area contributed by atoms with Gasteiger partial charge < -0.3 is 4.57 Å². The Bertz CT molecular complexity index is 1550. The van der Waals surface area contributed by atoms with Crippen LogP contribution in [0.5, 0.6) is 0 Å². The van der Waals surface area contributed by atoms with Crippen LogP contribution >= 0.6 is 15.9 Å². The monoisotopic (exact) mass is 528 g/mol. The van der Waals surface area contributed by atoms with E-state index in [2.05, 4.69) is 55.1 Å². The van der Waals surface area contributed by atoms with E-state index in [-0.39, 0.29) is 11.7 Å². The Hall–Kier alpha value is -3.49. The summed E-state index contributed by atoms with van der Waals surface area (Å²) in [5, 5.41) is 0. The Balaban J connectivity index is 1.34. The Morgan fingerprint density at radius 1 is 0.971 bits per heavy atom. The second-order valence-electron chi connectivity index (χ2n) is 8.98. The molecule has 1 atom stereocenters. The van der Waals surface area contributed by atoms with E-state index in [1.807, 2.05) is 64.8 Å². The summed E-state index contributed by atoms with van der Waals surface area (Å²) >= 11 is 3.52. The zero-order valence-corrected chi connectivity index (χ0v) is 21.0. The molecule has 0 spiro atoms. The number of hydrogen-bond donors (Lipinski definition) is 0. The van der Waals surface area contributed by atoms with E-state index < -0.39 is 0 Å². The molecule has 0 radical (unpaired) electrons. The first-order valence-electron chi connectivity index (χ1n) is 11.7. The second kappa shape index (κ2) is 8.94. The van der Waals surface area contributed by atoms with E-state index in [0.717, 1.165) is 64.5 Å². The first-order valence-corrected chi connectivity index (χ1v) is 12.5. The van der Waals surface area contributed by atoms with Crippen LogP contribution < -0.4 is 5.69 Å². The van der Waals surface area contributed by atoms with Crippen LogP contribution in [-0.4, -0.2) is 41.7 Å². The molecule has 0 unspecified atom stereocenters. The van der Waals surface area contributed by atoms with Gasteiger partial charge in [-0.25, -0.2) is 14.8 Å². The number of pyridine rings is 1.